The van der Waals surface area contributed by atoms with Gasteiger partial charge in [0.05, 0.1) is 26.1 Å². The second kappa shape index (κ2) is 8.40. The summed E-state index contributed by atoms with van der Waals surface area (Å²) in [7, 11) is 2.94. The van der Waals surface area contributed by atoms with E-state index in [-0.39, 0.29) is 18.4 Å². The summed E-state index contributed by atoms with van der Waals surface area (Å²) in [5.74, 6) is -1.70. The number of benzene rings is 2. The van der Waals surface area contributed by atoms with Crippen molar-refractivity contribution in [2.75, 3.05) is 27.3 Å². The van der Waals surface area contributed by atoms with Gasteiger partial charge in [-0.25, -0.2) is 0 Å². The van der Waals surface area contributed by atoms with E-state index in [0.29, 0.717) is 23.7 Å². The highest BCUT2D eigenvalue weighted by molar-refractivity contribution is 6.30. The first-order valence-corrected chi connectivity index (χ1v) is 11.9. The van der Waals surface area contributed by atoms with Crippen LogP contribution in [0, 0.1) is 11.8 Å². The molecular weight excluding hydrogens is 456 g/mol. The summed E-state index contributed by atoms with van der Waals surface area (Å²) in [6.45, 7) is 2.68. The largest absolute Gasteiger partial charge is 0.496 e. The lowest BCUT2D eigenvalue weighted by atomic mass is 9.77. The molecule has 3 saturated heterocycles. The Hall–Kier alpha value is -2.90. The topological polar surface area (TPSA) is 76.2 Å². The maximum absolute atomic E-state index is 13.5. The van der Waals surface area contributed by atoms with Crippen LogP contribution in [-0.4, -0.2) is 60.4 Å². The Morgan fingerprint density at radius 1 is 1.15 bits per heavy atom. The Balaban J connectivity index is 1.65. The smallest absolute Gasteiger partial charge is 0.327 e. The fourth-order valence-corrected chi connectivity index (χ4v) is 6.55. The quantitative estimate of drug-likeness (QED) is 0.478. The zero-order valence-corrected chi connectivity index (χ0v) is 20.2. The number of nitrogens with zero attached hydrogens (tertiary/aromatic N) is 2. The zero-order chi connectivity index (χ0) is 24.2. The van der Waals surface area contributed by atoms with Crippen LogP contribution in [0.15, 0.2) is 42.5 Å². The predicted octanol–water partition coefficient (Wildman–Crippen LogP) is 3.70. The van der Waals surface area contributed by atoms with Crippen LogP contribution in [0.25, 0.3) is 11.1 Å². The average Bonchev–Trinajstić information content (AvgIpc) is 3.46. The lowest BCUT2D eigenvalue weighted by Gasteiger charge is -2.36. The Kier molecular flexibility index (Phi) is 5.65. The molecule has 0 spiro atoms. The van der Waals surface area contributed by atoms with Crippen LogP contribution in [0.1, 0.15) is 31.4 Å². The maximum Gasteiger partial charge on any atom is 0.327 e. The standard InChI is InChI=1S/C26H27ClN2O5/c1-4-28-23(30)20-21(24(28)31)26(25(32)34-3)11-6-12-29(26)22(20)16-9-10-18(19(14-16)33-2)15-7-5-8-17(27)13-15/h5,7-10,13-14,20-22H,4,6,11-12H2,1-3H3/t20-,21-,22-,26+/m1/s1. The molecule has 5 rings (SSSR count). The van der Waals surface area contributed by atoms with Gasteiger partial charge in [0, 0.05) is 23.2 Å². The molecule has 2 aromatic carbocycles. The van der Waals surface area contributed by atoms with Crippen LogP contribution < -0.4 is 4.74 Å². The number of amides is 2. The van der Waals surface area contributed by atoms with Crippen molar-refractivity contribution < 1.29 is 23.9 Å². The molecule has 0 radical (unpaired) electrons. The van der Waals surface area contributed by atoms with Crippen LogP contribution in [0.3, 0.4) is 0 Å². The van der Waals surface area contributed by atoms with Gasteiger partial charge in [0.2, 0.25) is 11.8 Å². The molecule has 0 aliphatic carbocycles. The molecule has 0 aromatic heterocycles. The molecule has 7 nitrogen and oxygen atoms in total. The number of rotatable bonds is 5. The molecule has 4 atom stereocenters. The van der Waals surface area contributed by atoms with E-state index in [4.69, 9.17) is 21.1 Å². The van der Waals surface area contributed by atoms with Crippen molar-refractivity contribution in [1.82, 2.24) is 9.80 Å². The molecule has 0 N–H and O–H groups in total. The fourth-order valence-electron chi connectivity index (χ4n) is 6.36. The molecular formula is C26H27ClN2O5. The zero-order valence-electron chi connectivity index (χ0n) is 19.4. The van der Waals surface area contributed by atoms with E-state index in [2.05, 4.69) is 0 Å². The van der Waals surface area contributed by atoms with E-state index in [1.54, 1.807) is 14.0 Å². The predicted molar refractivity (Wildman–Crippen MR) is 126 cm³/mol. The number of likely N-dealkylation sites (tertiary alicyclic amines) is 1. The van der Waals surface area contributed by atoms with E-state index in [9.17, 15) is 14.4 Å². The van der Waals surface area contributed by atoms with Gasteiger partial charge in [-0.05, 0) is 55.6 Å². The van der Waals surface area contributed by atoms with Gasteiger partial charge in [-0.1, -0.05) is 35.9 Å². The van der Waals surface area contributed by atoms with Gasteiger partial charge in [-0.15, -0.1) is 0 Å². The van der Waals surface area contributed by atoms with Gasteiger partial charge in [-0.3, -0.25) is 24.2 Å². The van der Waals surface area contributed by atoms with Crippen LogP contribution in [0.2, 0.25) is 5.02 Å². The van der Waals surface area contributed by atoms with Gasteiger partial charge in [0.15, 0.2) is 0 Å². The van der Waals surface area contributed by atoms with E-state index in [1.165, 1.54) is 12.0 Å². The third kappa shape index (κ3) is 3.03. The molecule has 3 aliphatic heterocycles. The highest BCUT2D eigenvalue weighted by Gasteiger charge is 2.73. The molecule has 3 fully saturated rings. The minimum Gasteiger partial charge on any atom is -0.496 e. The van der Waals surface area contributed by atoms with Crippen molar-refractivity contribution in [3.05, 3.63) is 53.1 Å². The first kappa shape index (κ1) is 22.9. The molecule has 0 saturated carbocycles. The number of esters is 1. The highest BCUT2D eigenvalue weighted by atomic mass is 35.5. The Morgan fingerprint density at radius 2 is 1.94 bits per heavy atom. The van der Waals surface area contributed by atoms with Crippen molar-refractivity contribution in [3.8, 4) is 16.9 Å². The van der Waals surface area contributed by atoms with Crippen molar-refractivity contribution in [2.45, 2.75) is 31.3 Å². The normalized spacial score (nSPS) is 28.2. The van der Waals surface area contributed by atoms with Crippen LogP contribution in [0.4, 0.5) is 0 Å². The molecule has 2 amide bonds. The number of imide groups is 1. The van der Waals surface area contributed by atoms with E-state index < -0.39 is 29.4 Å². The van der Waals surface area contributed by atoms with Crippen molar-refractivity contribution >= 4 is 29.4 Å². The summed E-state index contributed by atoms with van der Waals surface area (Å²) in [6.07, 6.45) is 1.24. The number of methoxy groups -OCH3 is 2. The Morgan fingerprint density at radius 3 is 2.62 bits per heavy atom. The van der Waals surface area contributed by atoms with Crippen LogP contribution in [0.5, 0.6) is 5.75 Å². The van der Waals surface area contributed by atoms with Crippen LogP contribution >= 0.6 is 11.6 Å². The monoisotopic (exact) mass is 482 g/mol. The minimum atomic E-state index is -1.13. The minimum absolute atomic E-state index is 0.224. The third-order valence-electron chi connectivity index (χ3n) is 7.66. The number of fused-ring (bicyclic) bond motifs is 3. The molecule has 3 heterocycles. The van der Waals surface area contributed by atoms with Gasteiger partial charge in [0.1, 0.15) is 11.3 Å². The fraction of sp³-hybridized carbons (Fsp3) is 0.423. The summed E-state index contributed by atoms with van der Waals surface area (Å²) in [5, 5.41) is 0.622. The average molecular weight is 483 g/mol. The SMILES string of the molecule is CCN1C(=O)[C@H]2[C@@H](c3ccc(-c4cccc(Cl)c4)c(OC)c3)N3CCC[C@@]3(C(=O)OC)[C@H]2C1=O. The molecule has 8 heteroatoms. The second-order valence-corrected chi connectivity index (χ2v) is 9.49. The highest BCUT2D eigenvalue weighted by Crippen LogP contribution is 2.59. The maximum atomic E-state index is 13.5. The molecule has 0 bridgehead atoms. The first-order valence-electron chi connectivity index (χ1n) is 11.5. The number of hydrogen-bond acceptors (Lipinski definition) is 6. The summed E-state index contributed by atoms with van der Waals surface area (Å²) in [4.78, 5) is 43.4. The Labute approximate surface area is 203 Å². The van der Waals surface area contributed by atoms with Gasteiger partial charge in [0.25, 0.3) is 0 Å². The van der Waals surface area contributed by atoms with Gasteiger partial charge >= 0.3 is 5.97 Å². The summed E-state index contributed by atoms with van der Waals surface area (Å²) < 4.78 is 10.9. The van der Waals surface area contributed by atoms with Gasteiger partial charge < -0.3 is 9.47 Å². The number of ether oxygens (including phenoxy) is 2. The summed E-state index contributed by atoms with van der Waals surface area (Å²) in [5.41, 5.74) is 1.49. The van der Waals surface area contributed by atoms with E-state index in [1.807, 2.05) is 47.4 Å². The number of carbonyl (C=O) groups excluding carboxylic acids is 3. The number of hydrogen-bond donors (Lipinski definition) is 0. The van der Waals surface area contributed by atoms with Crippen molar-refractivity contribution in [3.63, 3.8) is 0 Å². The van der Waals surface area contributed by atoms with Crippen molar-refractivity contribution in [2.24, 2.45) is 11.8 Å². The van der Waals surface area contributed by atoms with Crippen LogP contribution in [-0.2, 0) is 19.1 Å². The Bertz CT molecular complexity index is 1180. The number of carbonyl (C=O) groups is 3. The molecule has 34 heavy (non-hydrogen) atoms. The molecule has 178 valence electrons. The first-order chi connectivity index (χ1) is 16.4. The number of halogens is 1. The second-order valence-electron chi connectivity index (χ2n) is 9.05. The lowest BCUT2D eigenvalue weighted by Crippen LogP contribution is -2.54. The molecule has 2 aromatic rings. The molecule has 3 aliphatic rings. The van der Waals surface area contributed by atoms with E-state index >= 15 is 0 Å². The molecule has 0 unspecified atom stereocenters. The summed E-state index contributed by atoms with van der Waals surface area (Å²) >= 11 is 6.20. The third-order valence-corrected chi connectivity index (χ3v) is 7.90. The summed E-state index contributed by atoms with van der Waals surface area (Å²) in [6, 6.07) is 12.9. The van der Waals surface area contributed by atoms with Crippen molar-refractivity contribution in [1.29, 1.82) is 0 Å². The van der Waals surface area contributed by atoms with Gasteiger partial charge in [-0.2, -0.15) is 0 Å². The lowest BCUT2D eigenvalue weighted by molar-refractivity contribution is -0.159. The van der Waals surface area contributed by atoms with E-state index in [0.717, 1.165) is 23.1 Å².